The quantitative estimate of drug-likeness (QED) is 0.462. The summed E-state index contributed by atoms with van der Waals surface area (Å²) in [5.74, 6) is -0.379. The molecule has 0 unspecified atom stereocenters. The topological polar surface area (TPSA) is 41.5 Å². The zero-order valence-electron chi connectivity index (χ0n) is 11.5. The number of thiophene rings is 1. The number of nitrogens with one attached hydrogen (secondary N) is 1. The van der Waals surface area contributed by atoms with E-state index in [1.54, 1.807) is 18.2 Å². The Bertz CT molecular complexity index is 901. The van der Waals surface area contributed by atoms with Gasteiger partial charge in [0.2, 0.25) is 0 Å². The SMILES string of the molecule is O=C(N/N=C\c1c(Cl)cccc1Cl)c1sc2ccccc2c1Cl. The van der Waals surface area contributed by atoms with Gasteiger partial charge in [-0.15, -0.1) is 11.3 Å². The molecule has 0 saturated carbocycles. The maximum Gasteiger partial charge on any atom is 0.283 e. The lowest BCUT2D eigenvalue weighted by Gasteiger charge is -2.01. The number of fused-ring (bicyclic) bond motifs is 1. The summed E-state index contributed by atoms with van der Waals surface area (Å²) in [5, 5.41) is 6.09. The lowest BCUT2D eigenvalue weighted by atomic mass is 10.2. The Balaban J connectivity index is 1.81. The van der Waals surface area contributed by atoms with E-state index in [0.717, 1.165) is 10.1 Å². The summed E-state index contributed by atoms with van der Waals surface area (Å²) in [5.41, 5.74) is 2.98. The molecule has 0 atom stereocenters. The summed E-state index contributed by atoms with van der Waals surface area (Å²) in [6, 6.07) is 12.7. The first-order valence-corrected chi connectivity index (χ1v) is 8.47. The molecule has 116 valence electrons. The van der Waals surface area contributed by atoms with Crippen LogP contribution in [0.1, 0.15) is 15.2 Å². The van der Waals surface area contributed by atoms with Crippen LogP contribution in [0, 0.1) is 0 Å². The molecule has 0 aliphatic rings. The standard InChI is InChI=1S/C16H9Cl3N2OS/c17-11-5-3-6-12(18)10(11)8-20-21-16(22)15-14(19)9-4-1-2-7-13(9)23-15/h1-8H,(H,21,22)/b20-8-. The number of nitrogens with zero attached hydrogens (tertiary/aromatic N) is 1. The third-order valence-corrected chi connectivity index (χ3v) is 5.43. The van der Waals surface area contributed by atoms with Crippen LogP contribution in [0.5, 0.6) is 0 Å². The van der Waals surface area contributed by atoms with Gasteiger partial charge in [0.15, 0.2) is 0 Å². The minimum atomic E-state index is -0.379. The van der Waals surface area contributed by atoms with Gasteiger partial charge in [-0.2, -0.15) is 5.10 Å². The van der Waals surface area contributed by atoms with Gasteiger partial charge in [0, 0.05) is 15.6 Å². The fraction of sp³-hybridized carbons (Fsp3) is 0. The van der Waals surface area contributed by atoms with E-state index < -0.39 is 0 Å². The predicted molar refractivity (Wildman–Crippen MR) is 98.4 cm³/mol. The maximum atomic E-state index is 12.2. The fourth-order valence-electron chi connectivity index (χ4n) is 2.00. The number of carbonyl (C=O) groups is 1. The Hall–Kier alpha value is -1.59. The van der Waals surface area contributed by atoms with Gasteiger partial charge in [-0.1, -0.05) is 59.1 Å². The average Bonchev–Trinajstić information content (AvgIpc) is 2.88. The van der Waals surface area contributed by atoms with Crippen LogP contribution in [-0.4, -0.2) is 12.1 Å². The Morgan fingerprint density at radius 3 is 2.43 bits per heavy atom. The highest BCUT2D eigenvalue weighted by Crippen LogP contribution is 2.34. The molecule has 1 heterocycles. The number of amides is 1. The molecule has 0 radical (unpaired) electrons. The van der Waals surface area contributed by atoms with Crippen molar-refractivity contribution in [3.8, 4) is 0 Å². The Morgan fingerprint density at radius 2 is 1.74 bits per heavy atom. The van der Waals surface area contributed by atoms with Crippen molar-refractivity contribution in [3.05, 3.63) is 68.0 Å². The van der Waals surface area contributed by atoms with Crippen molar-refractivity contribution in [1.82, 2.24) is 5.43 Å². The number of carbonyl (C=O) groups excluding carboxylic acids is 1. The molecule has 23 heavy (non-hydrogen) atoms. The van der Waals surface area contributed by atoms with E-state index in [1.165, 1.54) is 17.6 Å². The lowest BCUT2D eigenvalue weighted by molar-refractivity contribution is 0.0959. The van der Waals surface area contributed by atoms with Crippen molar-refractivity contribution in [2.45, 2.75) is 0 Å². The van der Waals surface area contributed by atoms with Crippen LogP contribution in [-0.2, 0) is 0 Å². The second kappa shape index (κ2) is 6.89. The van der Waals surface area contributed by atoms with E-state index in [2.05, 4.69) is 10.5 Å². The van der Waals surface area contributed by atoms with Crippen molar-refractivity contribution >= 4 is 68.3 Å². The molecule has 0 fully saturated rings. The molecule has 3 rings (SSSR count). The van der Waals surface area contributed by atoms with Crippen molar-refractivity contribution in [1.29, 1.82) is 0 Å². The third-order valence-electron chi connectivity index (χ3n) is 3.10. The van der Waals surface area contributed by atoms with Crippen LogP contribution in [0.15, 0.2) is 47.6 Å². The minimum Gasteiger partial charge on any atom is -0.266 e. The fourth-order valence-corrected chi connectivity index (χ4v) is 3.90. The zero-order chi connectivity index (χ0) is 16.4. The van der Waals surface area contributed by atoms with E-state index in [-0.39, 0.29) is 5.91 Å². The van der Waals surface area contributed by atoms with Crippen molar-refractivity contribution < 1.29 is 4.79 Å². The van der Waals surface area contributed by atoms with E-state index in [9.17, 15) is 4.79 Å². The third kappa shape index (κ3) is 3.35. The molecule has 7 heteroatoms. The number of hydrogen-bond donors (Lipinski definition) is 1. The Morgan fingerprint density at radius 1 is 1.04 bits per heavy atom. The molecule has 0 saturated heterocycles. The van der Waals surface area contributed by atoms with Gasteiger partial charge < -0.3 is 0 Å². The second-order valence-electron chi connectivity index (χ2n) is 4.58. The van der Waals surface area contributed by atoms with E-state index in [0.29, 0.717) is 25.5 Å². The van der Waals surface area contributed by atoms with Crippen LogP contribution in [0.25, 0.3) is 10.1 Å². The summed E-state index contributed by atoms with van der Waals surface area (Å²) in [7, 11) is 0. The molecule has 1 amide bonds. The molecule has 2 aromatic carbocycles. The van der Waals surface area contributed by atoms with E-state index in [1.807, 2.05) is 24.3 Å². The van der Waals surface area contributed by atoms with E-state index >= 15 is 0 Å². The van der Waals surface area contributed by atoms with Crippen LogP contribution in [0.4, 0.5) is 0 Å². The van der Waals surface area contributed by atoms with Crippen LogP contribution in [0.2, 0.25) is 15.1 Å². The van der Waals surface area contributed by atoms with Crippen LogP contribution < -0.4 is 5.43 Å². The summed E-state index contributed by atoms with van der Waals surface area (Å²) >= 11 is 19.6. The van der Waals surface area contributed by atoms with E-state index in [4.69, 9.17) is 34.8 Å². The minimum absolute atomic E-state index is 0.379. The van der Waals surface area contributed by atoms with Gasteiger partial charge in [-0.05, 0) is 18.2 Å². The highest BCUT2D eigenvalue weighted by atomic mass is 35.5. The molecule has 3 nitrogen and oxygen atoms in total. The Labute approximate surface area is 151 Å². The highest BCUT2D eigenvalue weighted by molar-refractivity contribution is 7.21. The first-order chi connectivity index (χ1) is 11.1. The van der Waals surface area contributed by atoms with Crippen LogP contribution >= 0.6 is 46.1 Å². The van der Waals surface area contributed by atoms with Crippen molar-refractivity contribution in [2.75, 3.05) is 0 Å². The van der Waals surface area contributed by atoms with Crippen LogP contribution in [0.3, 0.4) is 0 Å². The highest BCUT2D eigenvalue weighted by Gasteiger charge is 2.16. The summed E-state index contributed by atoms with van der Waals surface area (Å²) in [4.78, 5) is 12.6. The maximum absolute atomic E-state index is 12.2. The number of benzene rings is 2. The molecule has 0 aliphatic carbocycles. The lowest BCUT2D eigenvalue weighted by Crippen LogP contribution is -2.16. The van der Waals surface area contributed by atoms with Crippen molar-refractivity contribution in [3.63, 3.8) is 0 Å². The van der Waals surface area contributed by atoms with Gasteiger partial charge in [-0.3, -0.25) is 4.79 Å². The first kappa shape index (κ1) is 16.3. The van der Waals surface area contributed by atoms with Gasteiger partial charge in [-0.25, -0.2) is 5.43 Å². The van der Waals surface area contributed by atoms with Crippen molar-refractivity contribution in [2.24, 2.45) is 5.10 Å². The van der Waals surface area contributed by atoms with Gasteiger partial charge >= 0.3 is 0 Å². The van der Waals surface area contributed by atoms with Gasteiger partial charge in [0.25, 0.3) is 5.91 Å². The predicted octanol–water partition coefficient (Wildman–Crippen LogP) is 5.63. The molecule has 0 aliphatic heterocycles. The molecular weight excluding hydrogens is 375 g/mol. The molecule has 0 spiro atoms. The largest absolute Gasteiger partial charge is 0.283 e. The normalized spacial score (nSPS) is 11.3. The number of rotatable bonds is 3. The molecular formula is C16H9Cl3N2OS. The first-order valence-electron chi connectivity index (χ1n) is 6.52. The summed E-state index contributed by atoms with van der Waals surface area (Å²) in [6.45, 7) is 0. The zero-order valence-corrected chi connectivity index (χ0v) is 14.6. The Kier molecular flexibility index (Phi) is 4.87. The molecule has 3 aromatic rings. The monoisotopic (exact) mass is 382 g/mol. The molecule has 1 aromatic heterocycles. The van der Waals surface area contributed by atoms with Gasteiger partial charge in [0.05, 0.1) is 21.3 Å². The summed E-state index contributed by atoms with van der Waals surface area (Å²) in [6.07, 6.45) is 1.41. The number of hydrazone groups is 1. The summed E-state index contributed by atoms with van der Waals surface area (Å²) < 4.78 is 0.945. The molecule has 0 bridgehead atoms. The number of halogens is 3. The smallest absolute Gasteiger partial charge is 0.266 e. The molecule has 1 N–H and O–H groups in total. The van der Waals surface area contributed by atoms with Gasteiger partial charge in [0.1, 0.15) is 4.88 Å². The second-order valence-corrected chi connectivity index (χ2v) is 6.82. The number of hydrogen-bond acceptors (Lipinski definition) is 3. The average molecular weight is 384 g/mol.